The average Bonchev–Trinajstić information content (AvgIpc) is 2.44. The van der Waals surface area contributed by atoms with E-state index < -0.39 is 0 Å². The first-order valence-corrected chi connectivity index (χ1v) is 7.61. The van der Waals surface area contributed by atoms with Crippen molar-refractivity contribution in [2.24, 2.45) is 0 Å². The van der Waals surface area contributed by atoms with Crippen LogP contribution in [0.1, 0.15) is 39.0 Å². The van der Waals surface area contributed by atoms with Crippen LogP contribution in [0.4, 0.5) is 11.9 Å². The fourth-order valence-electron chi connectivity index (χ4n) is 2.25. The molecule has 1 fully saturated rings. The SMILES string of the molecule is CC(O)CCCNc1nc(Cl)nc(N2CCCCC2)n1. The van der Waals surface area contributed by atoms with Crippen LogP contribution in [0.2, 0.25) is 5.28 Å². The number of aliphatic hydroxyl groups is 1. The van der Waals surface area contributed by atoms with Crippen LogP contribution in [0.25, 0.3) is 0 Å². The van der Waals surface area contributed by atoms with Crippen LogP contribution in [0, 0.1) is 0 Å². The summed E-state index contributed by atoms with van der Waals surface area (Å²) in [7, 11) is 0. The number of piperidine rings is 1. The molecule has 1 unspecified atom stereocenters. The standard InChI is InChI=1S/C13H22ClN5O/c1-10(20)6-5-7-15-12-16-11(14)17-13(18-12)19-8-3-2-4-9-19/h10,20H,2-9H2,1H3,(H,15,16,17,18). The third-order valence-electron chi connectivity index (χ3n) is 3.32. The molecule has 2 rings (SSSR count). The van der Waals surface area contributed by atoms with E-state index in [4.69, 9.17) is 11.6 Å². The molecule has 112 valence electrons. The number of hydrogen-bond donors (Lipinski definition) is 2. The maximum atomic E-state index is 9.21. The molecule has 7 heteroatoms. The van der Waals surface area contributed by atoms with E-state index in [0.717, 1.165) is 25.9 Å². The number of aliphatic hydroxyl groups excluding tert-OH is 1. The quantitative estimate of drug-likeness (QED) is 0.784. The van der Waals surface area contributed by atoms with Gasteiger partial charge in [0.05, 0.1) is 6.10 Å². The van der Waals surface area contributed by atoms with Crippen molar-refractivity contribution in [3.05, 3.63) is 5.28 Å². The van der Waals surface area contributed by atoms with E-state index in [1.807, 2.05) is 0 Å². The van der Waals surface area contributed by atoms with Gasteiger partial charge in [-0.25, -0.2) is 0 Å². The van der Waals surface area contributed by atoms with Crippen molar-refractivity contribution in [2.75, 3.05) is 29.9 Å². The molecule has 1 aliphatic rings. The molecule has 2 heterocycles. The molecule has 1 saturated heterocycles. The number of halogens is 1. The molecule has 0 radical (unpaired) electrons. The lowest BCUT2D eigenvalue weighted by Gasteiger charge is -2.26. The monoisotopic (exact) mass is 299 g/mol. The summed E-state index contributed by atoms with van der Waals surface area (Å²) in [4.78, 5) is 14.9. The molecular formula is C13H22ClN5O. The second-order valence-electron chi connectivity index (χ2n) is 5.19. The summed E-state index contributed by atoms with van der Waals surface area (Å²) in [6.07, 6.45) is 4.94. The van der Waals surface area contributed by atoms with E-state index >= 15 is 0 Å². The zero-order chi connectivity index (χ0) is 14.4. The van der Waals surface area contributed by atoms with Crippen molar-refractivity contribution in [1.29, 1.82) is 0 Å². The van der Waals surface area contributed by atoms with Gasteiger partial charge in [-0.2, -0.15) is 15.0 Å². The van der Waals surface area contributed by atoms with Crippen molar-refractivity contribution in [3.8, 4) is 0 Å². The lowest BCUT2D eigenvalue weighted by molar-refractivity contribution is 0.183. The van der Waals surface area contributed by atoms with Gasteiger partial charge in [-0.05, 0) is 50.6 Å². The molecule has 1 aromatic rings. The largest absolute Gasteiger partial charge is 0.393 e. The first kappa shape index (κ1) is 15.3. The Balaban J connectivity index is 1.93. The Kier molecular flexibility index (Phi) is 5.79. The summed E-state index contributed by atoms with van der Waals surface area (Å²) >= 11 is 5.96. The molecule has 0 bridgehead atoms. The minimum Gasteiger partial charge on any atom is -0.393 e. The summed E-state index contributed by atoms with van der Waals surface area (Å²) in [5.74, 6) is 1.17. The maximum Gasteiger partial charge on any atom is 0.231 e. The van der Waals surface area contributed by atoms with Gasteiger partial charge in [-0.3, -0.25) is 0 Å². The van der Waals surface area contributed by atoms with E-state index in [9.17, 15) is 5.11 Å². The lowest BCUT2D eigenvalue weighted by atomic mass is 10.1. The number of aromatic nitrogens is 3. The van der Waals surface area contributed by atoms with Crippen molar-refractivity contribution in [3.63, 3.8) is 0 Å². The first-order valence-electron chi connectivity index (χ1n) is 7.23. The third-order valence-corrected chi connectivity index (χ3v) is 3.49. The predicted molar refractivity (Wildman–Crippen MR) is 80.3 cm³/mol. The van der Waals surface area contributed by atoms with E-state index in [-0.39, 0.29) is 11.4 Å². The van der Waals surface area contributed by atoms with Gasteiger partial charge in [0.2, 0.25) is 17.2 Å². The Bertz CT molecular complexity index is 423. The Hall–Kier alpha value is -1.14. The Labute approximate surface area is 124 Å². The van der Waals surface area contributed by atoms with Gasteiger partial charge in [0.25, 0.3) is 0 Å². The second-order valence-corrected chi connectivity index (χ2v) is 5.53. The number of nitrogens with one attached hydrogen (secondary N) is 1. The minimum absolute atomic E-state index is 0.221. The Morgan fingerprint density at radius 3 is 2.70 bits per heavy atom. The summed E-state index contributed by atoms with van der Waals surface area (Å²) in [5, 5.41) is 12.6. The maximum absolute atomic E-state index is 9.21. The van der Waals surface area contributed by atoms with Gasteiger partial charge in [0.1, 0.15) is 0 Å². The average molecular weight is 300 g/mol. The first-order chi connectivity index (χ1) is 9.65. The van der Waals surface area contributed by atoms with Crippen molar-refractivity contribution in [2.45, 2.75) is 45.1 Å². The Morgan fingerprint density at radius 1 is 1.25 bits per heavy atom. The zero-order valence-electron chi connectivity index (χ0n) is 11.8. The molecule has 0 aliphatic carbocycles. The molecule has 20 heavy (non-hydrogen) atoms. The lowest BCUT2D eigenvalue weighted by Crippen LogP contribution is -2.31. The van der Waals surface area contributed by atoms with Crippen molar-refractivity contribution < 1.29 is 5.11 Å². The molecule has 0 saturated carbocycles. The topological polar surface area (TPSA) is 74.2 Å². The molecule has 1 aliphatic heterocycles. The molecule has 1 aromatic heterocycles. The third kappa shape index (κ3) is 4.76. The van der Waals surface area contributed by atoms with E-state index in [2.05, 4.69) is 25.2 Å². The van der Waals surface area contributed by atoms with E-state index in [0.29, 0.717) is 18.4 Å². The van der Waals surface area contributed by atoms with Gasteiger partial charge in [0.15, 0.2) is 0 Å². The summed E-state index contributed by atoms with van der Waals surface area (Å²) < 4.78 is 0. The van der Waals surface area contributed by atoms with Crippen LogP contribution < -0.4 is 10.2 Å². The normalized spacial score (nSPS) is 17.1. The predicted octanol–water partition coefficient (Wildman–Crippen LogP) is 2.09. The molecule has 6 nitrogen and oxygen atoms in total. The fourth-order valence-corrected chi connectivity index (χ4v) is 2.41. The highest BCUT2D eigenvalue weighted by atomic mass is 35.5. The summed E-state index contributed by atoms with van der Waals surface area (Å²) in [6.45, 7) is 4.45. The van der Waals surface area contributed by atoms with E-state index in [1.165, 1.54) is 19.3 Å². The summed E-state index contributed by atoms with van der Waals surface area (Å²) in [6, 6.07) is 0. The van der Waals surface area contributed by atoms with Crippen LogP contribution in [0.5, 0.6) is 0 Å². The zero-order valence-corrected chi connectivity index (χ0v) is 12.6. The highest BCUT2D eigenvalue weighted by Crippen LogP contribution is 2.18. The highest BCUT2D eigenvalue weighted by molar-refractivity contribution is 6.28. The van der Waals surface area contributed by atoms with Gasteiger partial charge in [-0.1, -0.05) is 0 Å². The van der Waals surface area contributed by atoms with Crippen LogP contribution in [-0.4, -0.2) is 45.8 Å². The van der Waals surface area contributed by atoms with Gasteiger partial charge in [0, 0.05) is 19.6 Å². The molecule has 1 atom stereocenters. The molecule has 0 aromatic carbocycles. The van der Waals surface area contributed by atoms with Gasteiger partial charge < -0.3 is 15.3 Å². The van der Waals surface area contributed by atoms with Gasteiger partial charge in [-0.15, -0.1) is 0 Å². The van der Waals surface area contributed by atoms with Crippen LogP contribution in [-0.2, 0) is 0 Å². The number of nitrogens with zero attached hydrogens (tertiary/aromatic N) is 4. The second kappa shape index (κ2) is 7.59. The number of anilines is 2. The molecule has 0 amide bonds. The molecule has 2 N–H and O–H groups in total. The van der Waals surface area contributed by atoms with Gasteiger partial charge >= 0.3 is 0 Å². The minimum atomic E-state index is -0.275. The molecular weight excluding hydrogens is 278 g/mol. The van der Waals surface area contributed by atoms with Crippen LogP contribution in [0.15, 0.2) is 0 Å². The molecule has 0 spiro atoms. The Morgan fingerprint density at radius 2 is 2.00 bits per heavy atom. The van der Waals surface area contributed by atoms with Crippen LogP contribution >= 0.6 is 11.6 Å². The van der Waals surface area contributed by atoms with E-state index in [1.54, 1.807) is 6.92 Å². The number of hydrogen-bond acceptors (Lipinski definition) is 6. The smallest absolute Gasteiger partial charge is 0.231 e. The fraction of sp³-hybridized carbons (Fsp3) is 0.769. The number of rotatable bonds is 6. The highest BCUT2D eigenvalue weighted by Gasteiger charge is 2.15. The summed E-state index contributed by atoms with van der Waals surface area (Å²) in [5.41, 5.74) is 0. The van der Waals surface area contributed by atoms with Crippen molar-refractivity contribution in [1.82, 2.24) is 15.0 Å². The van der Waals surface area contributed by atoms with Crippen LogP contribution in [0.3, 0.4) is 0 Å². The van der Waals surface area contributed by atoms with Crippen molar-refractivity contribution >= 4 is 23.5 Å².